The molecule has 0 aliphatic heterocycles. The first-order chi connectivity index (χ1) is 14.0. The van der Waals surface area contributed by atoms with Gasteiger partial charge >= 0.3 is 0 Å². The summed E-state index contributed by atoms with van der Waals surface area (Å²) in [5.74, 6) is 1.06. The van der Waals surface area contributed by atoms with E-state index < -0.39 is 21.6 Å². The molecule has 6 heteroatoms. The van der Waals surface area contributed by atoms with Crippen molar-refractivity contribution >= 4 is 27.3 Å². The van der Waals surface area contributed by atoms with Gasteiger partial charge < -0.3 is 14.0 Å². The maximum absolute atomic E-state index is 13.5. The lowest BCUT2D eigenvalue weighted by molar-refractivity contribution is -0.0481. The Kier molecular flexibility index (Phi) is 7.06. The minimum absolute atomic E-state index is 0.169. The highest BCUT2D eigenvalue weighted by Gasteiger charge is 2.64. The molecule has 4 nitrogen and oxygen atoms in total. The van der Waals surface area contributed by atoms with E-state index in [2.05, 4.69) is 52.4 Å². The van der Waals surface area contributed by atoms with Crippen molar-refractivity contribution in [2.75, 3.05) is 13.7 Å². The van der Waals surface area contributed by atoms with Crippen LogP contribution in [0.25, 0.3) is 0 Å². The highest BCUT2D eigenvalue weighted by molar-refractivity contribution is 9.10. The molecule has 30 heavy (non-hydrogen) atoms. The summed E-state index contributed by atoms with van der Waals surface area (Å²) in [7, 11) is 1.80. The number of methoxy groups -OCH3 is 1. The van der Waals surface area contributed by atoms with Crippen LogP contribution in [-0.2, 0) is 32.8 Å². The van der Waals surface area contributed by atoms with Crippen LogP contribution in [0.5, 0.6) is 0 Å². The van der Waals surface area contributed by atoms with E-state index in [0.717, 1.165) is 35.7 Å². The van der Waals surface area contributed by atoms with Gasteiger partial charge in [-0.25, -0.2) is 0 Å². The second-order valence-electron chi connectivity index (χ2n) is 9.84. The Morgan fingerprint density at radius 2 is 2.10 bits per heavy atom. The third-order valence-electron chi connectivity index (χ3n) is 6.90. The van der Waals surface area contributed by atoms with E-state index in [9.17, 15) is 4.55 Å². The maximum atomic E-state index is 13.5. The van der Waals surface area contributed by atoms with E-state index in [4.69, 9.17) is 9.47 Å². The highest BCUT2D eigenvalue weighted by Crippen LogP contribution is 2.62. The summed E-state index contributed by atoms with van der Waals surface area (Å²) >= 11 is 2.37. The molecular formula is C24H36BrNO3S. The molecule has 0 radical (unpaired) electrons. The van der Waals surface area contributed by atoms with Crippen LogP contribution >= 0.6 is 15.9 Å². The third kappa shape index (κ3) is 3.99. The largest absolute Gasteiger partial charge is 0.598 e. The minimum Gasteiger partial charge on any atom is -0.598 e. The first-order valence-corrected chi connectivity index (χ1v) is 12.8. The predicted molar refractivity (Wildman–Crippen MR) is 128 cm³/mol. The molecule has 1 fully saturated rings. The van der Waals surface area contributed by atoms with Gasteiger partial charge in [-0.15, -0.1) is 4.72 Å². The summed E-state index contributed by atoms with van der Waals surface area (Å²) in [6, 6.07) is 6.45. The normalized spacial score (nSPS) is 32.1. The van der Waals surface area contributed by atoms with E-state index in [1.807, 2.05) is 27.7 Å². The molecule has 3 rings (SSSR count). The number of hydrogen-bond acceptors (Lipinski definition) is 4. The quantitative estimate of drug-likeness (QED) is 0.408. The van der Waals surface area contributed by atoms with E-state index in [-0.39, 0.29) is 11.5 Å². The van der Waals surface area contributed by atoms with Crippen molar-refractivity contribution in [1.82, 2.24) is 4.72 Å². The summed E-state index contributed by atoms with van der Waals surface area (Å²) in [6.45, 7) is 15.2. The van der Waals surface area contributed by atoms with Gasteiger partial charge in [-0.3, -0.25) is 0 Å². The second kappa shape index (κ2) is 8.78. The molecule has 0 aromatic heterocycles. The van der Waals surface area contributed by atoms with Crippen molar-refractivity contribution in [3.05, 3.63) is 46.1 Å². The van der Waals surface area contributed by atoms with E-state index in [1.54, 1.807) is 7.11 Å². The fraction of sp³-hybridized carbons (Fsp3) is 0.667. The standard InChI is InChI=1S/C24H36BrNO3S/c1-8-29-17(3)24(26-30(27)22(4,5)6)20-13-19(25)10-9-18(20)15-23(24)12-11-21(28-7)16(2)14-23/h9-10,13,16,21,26H,3,8,11-12,14-15H2,1-2,4-7H3/t16-,21-,23-,24-,30-/m0/s1. The average molecular weight is 499 g/mol. The van der Waals surface area contributed by atoms with E-state index in [0.29, 0.717) is 18.3 Å². The Balaban J connectivity index is 2.21. The molecule has 0 heterocycles. The summed E-state index contributed by atoms with van der Waals surface area (Å²) < 4.78 is 29.6. The number of ether oxygens (including phenoxy) is 2. The van der Waals surface area contributed by atoms with E-state index in [1.165, 1.54) is 5.56 Å². The Bertz CT molecular complexity index is 795. The van der Waals surface area contributed by atoms with Gasteiger partial charge in [-0.2, -0.15) is 0 Å². The molecule has 1 N–H and O–H groups in total. The Morgan fingerprint density at radius 1 is 1.40 bits per heavy atom. The average Bonchev–Trinajstić information content (AvgIpc) is 2.91. The molecule has 0 amide bonds. The molecular weight excluding hydrogens is 462 g/mol. The number of halogens is 1. The first kappa shape index (κ1) is 24.1. The van der Waals surface area contributed by atoms with Crippen molar-refractivity contribution in [3.63, 3.8) is 0 Å². The lowest BCUT2D eigenvalue weighted by atomic mass is 9.59. The van der Waals surface area contributed by atoms with Gasteiger partial charge in [-0.1, -0.05) is 35.5 Å². The van der Waals surface area contributed by atoms with Crippen LogP contribution in [0.2, 0.25) is 0 Å². The van der Waals surface area contributed by atoms with Crippen molar-refractivity contribution < 1.29 is 14.0 Å². The van der Waals surface area contributed by atoms with Gasteiger partial charge in [0.05, 0.1) is 12.7 Å². The third-order valence-corrected chi connectivity index (χ3v) is 8.99. The van der Waals surface area contributed by atoms with Gasteiger partial charge in [0.15, 0.2) is 5.54 Å². The highest BCUT2D eigenvalue weighted by atomic mass is 79.9. The van der Waals surface area contributed by atoms with Gasteiger partial charge in [0.1, 0.15) is 10.5 Å². The van der Waals surface area contributed by atoms with Crippen molar-refractivity contribution in [3.8, 4) is 0 Å². The molecule has 0 unspecified atom stereocenters. The molecule has 1 aromatic rings. The Hall–Kier alpha value is -0.530. The molecule has 2 aliphatic carbocycles. The summed E-state index contributed by atoms with van der Waals surface area (Å²) in [6.07, 6.45) is 4.05. The molecule has 1 aromatic carbocycles. The molecule has 168 valence electrons. The Morgan fingerprint density at radius 3 is 2.67 bits per heavy atom. The minimum atomic E-state index is -1.29. The number of nitrogens with one attached hydrogen (secondary N) is 1. The molecule has 1 spiro atoms. The van der Waals surface area contributed by atoms with Crippen LogP contribution in [0, 0.1) is 11.3 Å². The zero-order valence-corrected chi connectivity index (χ0v) is 21.5. The maximum Gasteiger partial charge on any atom is 0.151 e. The summed E-state index contributed by atoms with van der Waals surface area (Å²) in [4.78, 5) is 0. The van der Waals surface area contributed by atoms with Crippen LogP contribution in [0.4, 0.5) is 0 Å². The van der Waals surface area contributed by atoms with Gasteiger partial charge in [0.2, 0.25) is 0 Å². The summed E-state index contributed by atoms with van der Waals surface area (Å²) in [5, 5.41) is 0. The number of benzene rings is 1. The van der Waals surface area contributed by atoms with Crippen LogP contribution in [0.15, 0.2) is 35.0 Å². The molecule has 0 bridgehead atoms. The Labute approximate surface area is 193 Å². The second-order valence-corrected chi connectivity index (χ2v) is 12.7. The summed E-state index contributed by atoms with van der Waals surface area (Å²) in [5.41, 5.74) is 1.53. The molecule has 0 saturated heterocycles. The molecule has 2 aliphatic rings. The number of hydrogen-bond donors (Lipinski definition) is 1. The van der Waals surface area contributed by atoms with E-state index >= 15 is 0 Å². The van der Waals surface area contributed by atoms with Crippen molar-refractivity contribution in [2.45, 2.75) is 76.7 Å². The van der Waals surface area contributed by atoms with Crippen molar-refractivity contribution in [2.24, 2.45) is 11.3 Å². The topological polar surface area (TPSA) is 53.5 Å². The lowest BCUT2D eigenvalue weighted by Gasteiger charge is -2.52. The fourth-order valence-corrected chi connectivity index (χ4v) is 6.87. The van der Waals surface area contributed by atoms with Crippen molar-refractivity contribution in [1.29, 1.82) is 0 Å². The fourth-order valence-electron chi connectivity index (χ4n) is 5.48. The van der Waals surface area contributed by atoms with Crippen LogP contribution in [0.1, 0.15) is 65.0 Å². The first-order valence-electron chi connectivity index (χ1n) is 10.8. The zero-order valence-electron chi connectivity index (χ0n) is 19.1. The smallest absolute Gasteiger partial charge is 0.151 e. The molecule has 1 saturated carbocycles. The number of fused-ring (bicyclic) bond motifs is 1. The van der Waals surface area contributed by atoms with Crippen LogP contribution in [-0.4, -0.2) is 29.1 Å². The van der Waals surface area contributed by atoms with Gasteiger partial charge in [0.25, 0.3) is 0 Å². The zero-order chi connectivity index (χ0) is 22.3. The number of rotatable bonds is 6. The van der Waals surface area contributed by atoms with Crippen LogP contribution < -0.4 is 4.72 Å². The SMILES string of the molecule is C=C(OCC)[C@]1(N[S@@+]([O-])C(C)(C)C)c2cc(Br)ccc2C[C@@]12CC[C@H](OC)[C@@H](C)C2. The van der Waals surface area contributed by atoms with Crippen LogP contribution in [0.3, 0.4) is 0 Å². The predicted octanol–water partition coefficient (Wildman–Crippen LogP) is 5.62. The lowest BCUT2D eigenvalue weighted by Crippen LogP contribution is -2.61. The van der Waals surface area contributed by atoms with Gasteiger partial charge in [-0.05, 0) is 82.6 Å². The van der Waals surface area contributed by atoms with Gasteiger partial charge in [0, 0.05) is 28.4 Å². The monoisotopic (exact) mass is 497 g/mol. The molecule has 5 atom stereocenters.